The Morgan fingerprint density at radius 3 is 2.68 bits per heavy atom. The number of carbonyl (C=O) groups is 1. The normalized spacial score (nSPS) is 14.2. The molecule has 1 saturated heterocycles. The van der Waals surface area contributed by atoms with Gasteiger partial charge in [-0.25, -0.2) is 4.98 Å². The molecular weight excluding hydrogens is 452 g/mol. The molecule has 5 rings (SSSR count). The first-order chi connectivity index (χ1) is 16.6. The minimum absolute atomic E-state index is 0.101. The Labute approximate surface area is 200 Å². The van der Waals surface area contributed by atoms with Crippen LogP contribution in [0, 0.1) is 18.3 Å². The molecule has 0 unspecified atom stereocenters. The zero-order valence-electron chi connectivity index (χ0n) is 18.5. The van der Waals surface area contributed by atoms with Gasteiger partial charge in [0.25, 0.3) is 5.89 Å². The molecule has 9 nitrogen and oxygen atoms in total. The molecule has 1 N–H and O–H groups in total. The van der Waals surface area contributed by atoms with Gasteiger partial charge in [-0.3, -0.25) is 9.69 Å². The molecule has 0 atom stereocenters. The van der Waals surface area contributed by atoms with E-state index in [1.807, 2.05) is 41.5 Å². The molecule has 0 bridgehead atoms. The lowest BCUT2D eigenvalue weighted by Gasteiger charge is -2.33. The van der Waals surface area contributed by atoms with Gasteiger partial charge in [0.2, 0.25) is 17.5 Å². The number of hydrogen-bond acceptors (Lipinski definition) is 9. The number of nitriles is 1. The van der Waals surface area contributed by atoms with E-state index in [2.05, 4.69) is 26.3 Å². The number of aromatic nitrogens is 2. The Kier molecular flexibility index (Phi) is 6.12. The molecule has 10 heteroatoms. The van der Waals surface area contributed by atoms with Crippen LogP contribution in [-0.4, -0.2) is 53.5 Å². The Bertz CT molecular complexity index is 1310. The highest BCUT2D eigenvalue weighted by molar-refractivity contribution is 7.14. The predicted octanol–water partition coefficient (Wildman–Crippen LogP) is 4.00. The second-order valence-electron chi connectivity index (χ2n) is 7.98. The van der Waals surface area contributed by atoms with Crippen molar-refractivity contribution in [1.82, 2.24) is 14.9 Å². The first-order valence-corrected chi connectivity index (χ1v) is 11.7. The maximum absolute atomic E-state index is 12.6. The fourth-order valence-electron chi connectivity index (χ4n) is 3.76. The zero-order chi connectivity index (χ0) is 23.5. The molecular formula is C24H22N6O3S. The second-order valence-corrected chi connectivity index (χ2v) is 8.84. The molecule has 1 aromatic carbocycles. The van der Waals surface area contributed by atoms with E-state index in [1.165, 1.54) is 23.2 Å². The standard InChI is InChI=1S/C24H22N6O3S/c1-16-4-6-17(7-5-16)19-15-34-24(27-19)28-21(31)14-29-8-10-30(11-9-29)23-18(13-25)26-22(33-23)20-3-2-12-32-20/h2-7,12,15H,8-11,14H2,1H3,(H,27,28,31). The number of nitrogens with zero attached hydrogens (tertiary/aromatic N) is 5. The number of hydrogen-bond donors (Lipinski definition) is 1. The summed E-state index contributed by atoms with van der Waals surface area (Å²) in [5, 5.41) is 14.9. The van der Waals surface area contributed by atoms with Crippen molar-refractivity contribution in [1.29, 1.82) is 5.26 Å². The Balaban J connectivity index is 1.15. The van der Waals surface area contributed by atoms with Crippen LogP contribution in [0.5, 0.6) is 0 Å². The second kappa shape index (κ2) is 9.51. The highest BCUT2D eigenvalue weighted by atomic mass is 32.1. The Morgan fingerprint density at radius 1 is 1.18 bits per heavy atom. The van der Waals surface area contributed by atoms with Crippen LogP contribution in [0.3, 0.4) is 0 Å². The van der Waals surface area contributed by atoms with Crippen molar-refractivity contribution in [3.05, 3.63) is 59.3 Å². The molecule has 0 aliphatic carbocycles. The lowest BCUT2D eigenvalue weighted by Crippen LogP contribution is -2.48. The molecule has 34 heavy (non-hydrogen) atoms. The van der Waals surface area contributed by atoms with Gasteiger partial charge in [0.15, 0.2) is 10.9 Å². The number of aryl methyl sites for hydroxylation is 1. The quantitative estimate of drug-likeness (QED) is 0.446. The van der Waals surface area contributed by atoms with Crippen molar-refractivity contribution < 1.29 is 13.6 Å². The van der Waals surface area contributed by atoms with E-state index in [0.717, 1.165) is 11.3 Å². The van der Waals surface area contributed by atoms with E-state index in [1.54, 1.807) is 12.1 Å². The molecule has 0 saturated carbocycles. The summed E-state index contributed by atoms with van der Waals surface area (Å²) in [5.74, 6) is 1.10. The summed E-state index contributed by atoms with van der Waals surface area (Å²) in [6.07, 6.45) is 1.53. The van der Waals surface area contributed by atoms with E-state index < -0.39 is 0 Å². The molecule has 4 aromatic rings. The molecule has 0 radical (unpaired) electrons. The van der Waals surface area contributed by atoms with E-state index in [9.17, 15) is 10.1 Å². The molecule has 1 amide bonds. The highest BCUT2D eigenvalue weighted by Gasteiger charge is 2.26. The summed E-state index contributed by atoms with van der Waals surface area (Å²) < 4.78 is 11.1. The highest BCUT2D eigenvalue weighted by Crippen LogP contribution is 2.29. The van der Waals surface area contributed by atoms with Gasteiger partial charge in [0.1, 0.15) is 6.07 Å². The number of benzene rings is 1. The van der Waals surface area contributed by atoms with E-state index in [-0.39, 0.29) is 24.0 Å². The largest absolute Gasteiger partial charge is 0.459 e. The number of nitrogens with one attached hydrogen (secondary N) is 1. The van der Waals surface area contributed by atoms with Crippen LogP contribution in [0.25, 0.3) is 22.9 Å². The molecule has 1 aliphatic heterocycles. The van der Waals surface area contributed by atoms with Crippen LogP contribution in [0.15, 0.2) is 56.9 Å². The molecule has 172 valence electrons. The number of thiazole rings is 1. The van der Waals surface area contributed by atoms with Gasteiger partial charge in [0.05, 0.1) is 18.5 Å². The topological polar surface area (TPSA) is 111 Å². The van der Waals surface area contributed by atoms with Gasteiger partial charge in [-0.05, 0) is 19.1 Å². The monoisotopic (exact) mass is 474 g/mol. The van der Waals surface area contributed by atoms with Crippen LogP contribution in [0.1, 0.15) is 11.3 Å². The van der Waals surface area contributed by atoms with Crippen molar-refractivity contribution in [2.45, 2.75) is 6.92 Å². The number of rotatable bonds is 6. The van der Waals surface area contributed by atoms with Gasteiger partial charge < -0.3 is 19.1 Å². The number of furan rings is 1. The van der Waals surface area contributed by atoms with Crippen LogP contribution in [-0.2, 0) is 4.79 Å². The van der Waals surface area contributed by atoms with Gasteiger partial charge >= 0.3 is 0 Å². The minimum Gasteiger partial charge on any atom is -0.459 e. The average Bonchev–Trinajstić information content (AvgIpc) is 3.61. The number of oxazole rings is 1. The summed E-state index contributed by atoms with van der Waals surface area (Å²) in [7, 11) is 0. The Hall–Kier alpha value is -3.94. The molecule has 1 aliphatic rings. The Morgan fingerprint density at radius 2 is 1.97 bits per heavy atom. The van der Waals surface area contributed by atoms with Crippen LogP contribution >= 0.6 is 11.3 Å². The SMILES string of the molecule is Cc1ccc(-c2csc(NC(=O)CN3CCN(c4oc(-c5ccco5)nc4C#N)CC3)n2)cc1. The molecule has 1 fully saturated rings. The zero-order valence-corrected chi connectivity index (χ0v) is 19.3. The van der Waals surface area contributed by atoms with E-state index in [0.29, 0.717) is 43.0 Å². The average molecular weight is 475 g/mol. The molecule has 3 aromatic heterocycles. The minimum atomic E-state index is -0.101. The summed E-state index contributed by atoms with van der Waals surface area (Å²) in [6, 6.07) is 13.7. The number of anilines is 2. The number of carbonyl (C=O) groups excluding carboxylic acids is 1. The summed E-state index contributed by atoms with van der Waals surface area (Å²) in [4.78, 5) is 25.4. The number of amides is 1. The van der Waals surface area contributed by atoms with E-state index >= 15 is 0 Å². The lowest BCUT2D eigenvalue weighted by atomic mass is 10.1. The third kappa shape index (κ3) is 4.71. The predicted molar refractivity (Wildman–Crippen MR) is 128 cm³/mol. The van der Waals surface area contributed by atoms with Crippen molar-refractivity contribution in [2.75, 3.05) is 42.9 Å². The van der Waals surface area contributed by atoms with Gasteiger partial charge in [-0.15, -0.1) is 11.3 Å². The third-order valence-electron chi connectivity index (χ3n) is 5.57. The van der Waals surface area contributed by atoms with Crippen LogP contribution in [0.4, 0.5) is 11.0 Å². The van der Waals surface area contributed by atoms with Gasteiger partial charge in [0, 0.05) is 37.1 Å². The fourth-order valence-corrected chi connectivity index (χ4v) is 4.50. The van der Waals surface area contributed by atoms with E-state index in [4.69, 9.17) is 8.83 Å². The summed E-state index contributed by atoms with van der Waals surface area (Å²) in [6.45, 7) is 4.85. The smallest absolute Gasteiger partial charge is 0.266 e. The van der Waals surface area contributed by atoms with Gasteiger partial charge in [-0.1, -0.05) is 29.8 Å². The summed E-state index contributed by atoms with van der Waals surface area (Å²) >= 11 is 1.41. The maximum atomic E-state index is 12.6. The maximum Gasteiger partial charge on any atom is 0.266 e. The first kappa shape index (κ1) is 21.9. The fraction of sp³-hybridized carbons (Fsp3) is 0.250. The van der Waals surface area contributed by atoms with Crippen LogP contribution in [0.2, 0.25) is 0 Å². The summed E-state index contributed by atoms with van der Waals surface area (Å²) in [5.41, 5.74) is 3.30. The number of piperazine rings is 1. The van der Waals surface area contributed by atoms with Crippen LogP contribution < -0.4 is 10.2 Å². The van der Waals surface area contributed by atoms with Crippen molar-refractivity contribution in [3.63, 3.8) is 0 Å². The lowest BCUT2D eigenvalue weighted by molar-refractivity contribution is -0.117. The van der Waals surface area contributed by atoms with Crippen molar-refractivity contribution in [3.8, 4) is 29.0 Å². The van der Waals surface area contributed by atoms with Crippen molar-refractivity contribution >= 4 is 28.3 Å². The molecule has 4 heterocycles. The van der Waals surface area contributed by atoms with Crippen molar-refractivity contribution in [2.24, 2.45) is 0 Å². The van der Waals surface area contributed by atoms with Gasteiger partial charge in [-0.2, -0.15) is 10.2 Å². The molecule has 0 spiro atoms. The third-order valence-corrected chi connectivity index (χ3v) is 6.33. The first-order valence-electron chi connectivity index (χ1n) is 10.8.